The fraction of sp³-hybridized carbons (Fsp3) is 0.348. The maximum absolute atomic E-state index is 13.2. The van der Waals surface area contributed by atoms with Crippen LogP contribution in [-0.4, -0.2) is 48.3 Å². The van der Waals surface area contributed by atoms with E-state index in [1.807, 2.05) is 0 Å². The Kier molecular flexibility index (Phi) is 5.67. The first-order chi connectivity index (χ1) is 16.2. The number of benzene rings is 1. The lowest BCUT2D eigenvalue weighted by molar-refractivity contribution is -0.139. The molecule has 0 aliphatic rings. The number of hydrogen-bond donors (Lipinski definition) is 1. The Morgan fingerprint density at radius 3 is 2.46 bits per heavy atom. The lowest BCUT2D eigenvalue weighted by atomic mass is 9.90. The molecule has 0 aliphatic heterocycles. The van der Waals surface area contributed by atoms with Crippen LogP contribution in [0.3, 0.4) is 0 Å². The van der Waals surface area contributed by atoms with Crippen molar-refractivity contribution in [1.29, 1.82) is 0 Å². The first kappa shape index (κ1) is 24.3. The second-order valence-electron chi connectivity index (χ2n) is 9.06. The number of aryl methyl sites for hydroxylation is 1. The van der Waals surface area contributed by atoms with Crippen molar-refractivity contribution in [3.63, 3.8) is 0 Å². The van der Waals surface area contributed by atoms with E-state index in [2.05, 4.69) is 15.1 Å². The lowest BCUT2D eigenvalue weighted by Crippen LogP contribution is -2.30. The van der Waals surface area contributed by atoms with Gasteiger partial charge in [-0.2, -0.15) is 18.3 Å². The Labute approximate surface area is 197 Å². The van der Waals surface area contributed by atoms with Gasteiger partial charge < -0.3 is 9.84 Å². The Morgan fingerprint density at radius 2 is 1.86 bits per heavy atom. The van der Waals surface area contributed by atoms with Gasteiger partial charge in [0.25, 0.3) is 0 Å². The van der Waals surface area contributed by atoms with Gasteiger partial charge in [-0.25, -0.2) is 14.8 Å². The number of carbonyl (C=O) groups excluding carboxylic acids is 2. The highest BCUT2D eigenvalue weighted by atomic mass is 19.4. The number of carbonyl (C=O) groups is 2. The Morgan fingerprint density at radius 1 is 1.17 bits per heavy atom. The minimum absolute atomic E-state index is 0.0424. The molecule has 0 saturated heterocycles. The number of methoxy groups -OCH3 is 1. The van der Waals surface area contributed by atoms with E-state index in [1.54, 1.807) is 20.8 Å². The van der Waals surface area contributed by atoms with Crippen LogP contribution in [-0.2, 0) is 22.8 Å². The van der Waals surface area contributed by atoms with Crippen LogP contribution >= 0.6 is 0 Å². The molecular weight excluding hydrogens is 467 g/mol. The molecule has 0 fully saturated rings. The largest absolute Gasteiger partial charge is 0.465 e. The molecule has 0 bridgehead atoms. The third-order valence-electron chi connectivity index (χ3n) is 5.58. The minimum Gasteiger partial charge on any atom is -0.465 e. The fourth-order valence-corrected chi connectivity index (χ4v) is 3.71. The average Bonchev–Trinajstić information content (AvgIpc) is 3.33. The molecule has 1 unspecified atom stereocenters. The third-order valence-corrected chi connectivity index (χ3v) is 5.58. The summed E-state index contributed by atoms with van der Waals surface area (Å²) in [5.41, 5.74) is -0.978. The highest BCUT2D eigenvalue weighted by molar-refractivity contribution is 6.03. The van der Waals surface area contributed by atoms with Crippen molar-refractivity contribution in [3.05, 3.63) is 41.7 Å². The highest BCUT2D eigenvalue weighted by Gasteiger charge is 2.33. The van der Waals surface area contributed by atoms with Crippen LogP contribution in [0.15, 0.2) is 30.6 Å². The third kappa shape index (κ3) is 4.14. The molecule has 1 atom stereocenters. The van der Waals surface area contributed by atoms with Crippen molar-refractivity contribution in [3.8, 4) is 11.4 Å². The van der Waals surface area contributed by atoms with Crippen molar-refractivity contribution >= 4 is 33.8 Å². The van der Waals surface area contributed by atoms with Crippen molar-refractivity contribution in [2.24, 2.45) is 12.5 Å². The zero-order valence-electron chi connectivity index (χ0n) is 19.5. The van der Waals surface area contributed by atoms with Crippen LogP contribution < -0.4 is 0 Å². The summed E-state index contributed by atoms with van der Waals surface area (Å²) in [7, 11) is 2.67. The van der Waals surface area contributed by atoms with E-state index < -0.39 is 35.1 Å². The van der Waals surface area contributed by atoms with Gasteiger partial charge in [0, 0.05) is 24.0 Å². The molecule has 0 radical (unpaired) electrons. The van der Waals surface area contributed by atoms with Crippen molar-refractivity contribution in [2.75, 3.05) is 7.11 Å². The molecule has 3 heterocycles. The maximum Gasteiger partial charge on any atom is 0.416 e. The van der Waals surface area contributed by atoms with E-state index in [0.717, 1.165) is 16.7 Å². The number of aromatic nitrogens is 5. The summed E-state index contributed by atoms with van der Waals surface area (Å²) in [6.45, 7) is 4.93. The van der Waals surface area contributed by atoms with Gasteiger partial charge >= 0.3 is 12.1 Å². The smallest absolute Gasteiger partial charge is 0.416 e. The summed E-state index contributed by atoms with van der Waals surface area (Å²) >= 11 is 0. The normalized spacial score (nSPS) is 13.4. The van der Waals surface area contributed by atoms with Crippen LogP contribution in [0.1, 0.15) is 42.9 Å². The van der Waals surface area contributed by atoms with Crippen LogP contribution in [0.2, 0.25) is 0 Å². The molecule has 12 heteroatoms. The summed E-state index contributed by atoms with van der Waals surface area (Å²) in [5.74, 6) is -1.27. The van der Waals surface area contributed by atoms with Gasteiger partial charge in [0.2, 0.25) is 0 Å². The number of rotatable bonds is 4. The molecular formula is C23H22F3N5O4. The number of ether oxygens (including phenoxy) is 1. The number of hydrogen-bond acceptors (Lipinski definition) is 7. The first-order valence-corrected chi connectivity index (χ1v) is 10.5. The molecule has 0 amide bonds. The van der Waals surface area contributed by atoms with Crippen molar-refractivity contribution in [1.82, 2.24) is 24.3 Å². The second kappa shape index (κ2) is 8.15. The van der Waals surface area contributed by atoms with E-state index in [9.17, 15) is 27.9 Å². The number of halogens is 3. The van der Waals surface area contributed by atoms with Gasteiger partial charge in [0.15, 0.2) is 17.7 Å². The summed E-state index contributed by atoms with van der Waals surface area (Å²) in [6.07, 6.45) is -3.59. The molecule has 0 saturated carbocycles. The molecule has 9 nitrogen and oxygen atoms in total. The first-order valence-electron chi connectivity index (χ1n) is 10.5. The number of Topliss-reactive ketones (excluding diaryl/α,β-unsaturated/α-hetero) is 1. The molecule has 4 rings (SSSR count). The predicted octanol–water partition coefficient (Wildman–Crippen LogP) is 3.90. The van der Waals surface area contributed by atoms with E-state index in [1.165, 1.54) is 37.3 Å². The van der Waals surface area contributed by atoms with E-state index in [0.29, 0.717) is 5.39 Å². The molecule has 0 spiro atoms. The topological polar surface area (TPSA) is 112 Å². The summed E-state index contributed by atoms with van der Waals surface area (Å²) in [5, 5.41) is 15.4. The zero-order valence-corrected chi connectivity index (χ0v) is 19.5. The van der Waals surface area contributed by atoms with E-state index in [4.69, 9.17) is 4.74 Å². The van der Waals surface area contributed by atoms with E-state index in [-0.39, 0.29) is 33.6 Å². The second-order valence-corrected chi connectivity index (χ2v) is 9.06. The SMILES string of the molecule is COC(=O)c1cn(C(O)C(=O)C(C)(C)C)c2ncc(-c3nn(C)c4cc(C(F)(F)F)ccc34)nc12. The van der Waals surface area contributed by atoms with Crippen LogP contribution in [0.5, 0.6) is 0 Å². The van der Waals surface area contributed by atoms with Gasteiger partial charge in [-0.15, -0.1) is 0 Å². The Balaban J connectivity index is 1.91. The summed E-state index contributed by atoms with van der Waals surface area (Å²) in [4.78, 5) is 33.9. The Bertz CT molecular complexity index is 1480. The van der Waals surface area contributed by atoms with Crippen LogP contribution in [0, 0.1) is 5.41 Å². The molecule has 0 aliphatic carbocycles. The van der Waals surface area contributed by atoms with E-state index >= 15 is 0 Å². The molecule has 1 aromatic carbocycles. The lowest BCUT2D eigenvalue weighted by Gasteiger charge is -2.22. The molecule has 35 heavy (non-hydrogen) atoms. The molecule has 3 aromatic heterocycles. The zero-order chi connectivity index (χ0) is 25.9. The summed E-state index contributed by atoms with van der Waals surface area (Å²) in [6, 6.07) is 3.23. The monoisotopic (exact) mass is 489 g/mol. The standard InChI is InChI=1S/C23H22F3N5O4/c1-22(2,3)18(32)20(33)31-10-13(21(34)35-5)17-19(31)27-9-14(28-17)16-12-7-6-11(23(24,25)26)8-15(12)30(4)29-16/h6-10,20,33H,1-5H3. The number of fused-ring (bicyclic) bond motifs is 2. The average molecular weight is 489 g/mol. The van der Waals surface area contributed by atoms with Crippen molar-refractivity contribution in [2.45, 2.75) is 33.2 Å². The van der Waals surface area contributed by atoms with Gasteiger partial charge in [0.05, 0.1) is 24.4 Å². The number of aliphatic hydroxyl groups excluding tert-OH is 1. The van der Waals surface area contributed by atoms with Gasteiger partial charge in [0.1, 0.15) is 22.5 Å². The van der Waals surface area contributed by atoms with Gasteiger partial charge in [-0.3, -0.25) is 14.0 Å². The van der Waals surface area contributed by atoms with Crippen molar-refractivity contribution < 1.29 is 32.6 Å². The molecule has 184 valence electrons. The number of nitrogens with zero attached hydrogens (tertiary/aromatic N) is 5. The number of alkyl halides is 3. The predicted molar refractivity (Wildman–Crippen MR) is 119 cm³/mol. The number of aliphatic hydroxyl groups is 1. The number of ketones is 1. The Hall–Kier alpha value is -3.80. The fourth-order valence-electron chi connectivity index (χ4n) is 3.71. The molecule has 1 N–H and O–H groups in total. The van der Waals surface area contributed by atoms with Crippen LogP contribution in [0.4, 0.5) is 13.2 Å². The maximum atomic E-state index is 13.2. The minimum atomic E-state index is -4.51. The molecule has 4 aromatic rings. The highest BCUT2D eigenvalue weighted by Crippen LogP contribution is 2.35. The van der Waals surface area contributed by atoms with Gasteiger partial charge in [-0.1, -0.05) is 20.8 Å². The quantitative estimate of drug-likeness (QED) is 0.433. The van der Waals surface area contributed by atoms with Gasteiger partial charge in [-0.05, 0) is 18.2 Å². The summed E-state index contributed by atoms with van der Waals surface area (Å²) < 4.78 is 46.7. The van der Waals surface area contributed by atoms with Crippen LogP contribution in [0.25, 0.3) is 33.5 Å². The number of esters is 1.